The van der Waals surface area contributed by atoms with Gasteiger partial charge in [0.1, 0.15) is 5.82 Å². The number of benzene rings is 2. The van der Waals surface area contributed by atoms with E-state index in [1.807, 2.05) is 38.1 Å². The number of carbonyl (C=O) groups excluding carboxylic acids is 1. The lowest BCUT2D eigenvalue weighted by Gasteiger charge is -2.18. The van der Waals surface area contributed by atoms with Crippen LogP contribution in [0.3, 0.4) is 0 Å². The molecule has 0 heterocycles. The van der Waals surface area contributed by atoms with Crippen molar-refractivity contribution < 1.29 is 9.18 Å². The van der Waals surface area contributed by atoms with Crippen LogP contribution in [0.25, 0.3) is 0 Å². The summed E-state index contributed by atoms with van der Waals surface area (Å²) in [6.07, 6.45) is 0.862. The number of nitrogens with one attached hydrogen (secondary N) is 1. The van der Waals surface area contributed by atoms with Crippen LogP contribution < -0.4 is 5.32 Å². The fourth-order valence-corrected chi connectivity index (χ4v) is 2.28. The van der Waals surface area contributed by atoms with Crippen molar-refractivity contribution in [3.05, 3.63) is 71.0 Å². The highest BCUT2D eigenvalue weighted by Gasteiger charge is 2.14. The zero-order chi connectivity index (χ0) is 15.2. The van der Waals surface area contributed by atoms with E-state index < -0.39 is 0 Å². The Morgan fingerprint density at radius 2 is 1.81 bits per heavy atom. The molecule has 0 aliphatic carbocycles. The molecule has 0 saturated carbocycles. The fourth-order valence-electron chi connectivity index (χ4n) is 2.28. The second-order valence-corrected chi connectivity index (χ2v) is 5.21. The summed E-state index contributed by atoms with van der Waals surface area (Å²) in [4.78, 5) is 12.1. The average Bonchev–Trinajstić information content (AvgIpc) is 2.48. The van der Waals surface area contributed by atoms with Crippen molar-refractivity contribution in [3.63, 3.8) is 0 Å². The molecular weight excluding hydrogens is 265 g/mol. The number of amides is 1. The second-order valence-electron chi connectivity index (χ2n) is 5.21. The van der Waals surface area contributed by atoms with E-state index in [0.29, 0.717) is 5.56 Å². The lowest BCUT2D eigenvalue weighted by molar-refractivity contribution is -0.121. The fraction of sp³-hybridized carbons (Fsp3) is 0.278. The van der Waals surface area contributed by atoms with Crippen LogP contribution in [-0.4, -0.2) is 5.91 Å². The first kappa shape index (κ1) is 15.2. The van der Waals surface area contributed by atoms with Crippen molar-refractivity contribution in [2.24, 2.45) is 0 Å². The Labute approximate surface area is 125 Å². The van der Waals surface area contributed by atoms with Gasteiger partial charge in [-0.2, -0.15) is 0 Å². The monoisotopic (exact) mass is 285 g/mol. The number of hydrogen-bond acceptors (Lipinski definition) is 1. The van der Waals surface area contributed by atoms with Crippen LogP contribution >= 0.6 is 0 Å². The molecule has 2 aromatic rings. The van der Waals surface area contributed by atoms with Crippen molar-refractivity contribution in [2.75, 3.05) is 0 Å². The summed E-state index contributed by atoms with van der Waals surface area (Å²) in [5.74, 6) is -0.497. The number of halogens is 1. The molecule has 3 heteroatoms. The van der Waals surface area contributed by atoms with Gasteiger partial charge < -0.3 is 5.32 Å². The first-order valence-electron chi connectivity index (χ1n) is 7.19. The summed E-state index contributed by atoms with van der Waals surface area (Å²) in [5, 5.41) is 2.97. The summed E-state index contributed by atoms with van der Waals surface area (Å²) < 4.78 is 13.6. The lowest BCUT2D eigenvalue weighted by Crippen LogP contribution is -2.29. The van der Waals surface area contributed by atoms with E-state index in [9.17, 15) is 9.18 Å². The molecule has 110 valence electrons. The molecule has 1 unspecified atom stereocenters. The van der Waals surface area contributed by atoms with E-state index in [2.05, 4.69) is 5.32 Å². The summed E-state index contributed by atoms with van der Waals surface area (Å²) in [5.41, 5.74) is 2.69. The Balaban J connectivity index is 2.03. The molecule has 0 saturated heterocycles. The largest absolute Gasteiger partial charge is 0.349 e. The van der Waals surface area contributed by atoms with E-state index in [1.165, 1.54) is 11.6 Å². The van der Waals surface area contributed by atoms with Gasteiger partial charge in [-0.25, -0.2) is 4.39 Å². The van der Waals surface area contributed by atoms with Crippen LogP contribution in [0.1, 0.15) is 36.1 Å². The van der Waals surface area contributed by atoms with Gasteiger partial charge in [0.25, 0.3) is 0 Å². The number of carbonyl (C=O) groups is 1. The first-order valence-corrected chi connectivity index (χ1v) is 7.19. The van der Waals surface area contributed by atoms with Crippen LogP contribution in [0.4, 0.5) is 4.39 Å². The maximum Gasteiger partial charge on any atom is 0.225 e. The Hall–Kier alpha value is -2.16. The number of aryl methyl sites for hydroxylation is 1. The Morgan fingerprint density at radius 3 is 2.43 bits per heavy atom. The van der Waals surface area contributed by atoms with Crippen LogP contribution in [0.15, 0.2) is 48.5 Å². The van der Waals surface area contributed by atoms with Gasteiger partial charge in [0.2, 0.25) is 5.91 Å². The maximum absolute atomic E-state index is 13.6. The number of rotatable bonds is 5. The minimum absolute atomic E-state index is 0.0372. The van der Waals surface area contributed by atoms with Gasteiger partial charge in [0.05, 0.1) is 12.5 Å². The molecular formula is C18H20FNO. The average molecular weight is 285 g/mol. The lowest BCUT2D eigenvalue weighted by atomic mass is 10.0. The molecule has 0 radical (unpaired) electrons. The minimum Gasteiger partial charge on any atom is -0.349 e. The number of hydrogen-bond donors (Lipinski definition) is 1. The summed E-state index contributed by atoms with van der Waals surface area (Å²) in [6.45, 7) is 4.05. The minimum atomic E-state index is -0.337. The quantitative estimate of drug-likeness (QED) is 0.885. The van der Waals surface area contributed by atoms with E-state index >= 15 is 0 Å². The molecule has 1 amide bonds. The molecule has 0 aliphatic heterocycles. The molecule has 21 heavy (non-hydrogen) atoms. The maximum atomic E-state index is 13.6. The molecule has 1 N–H and O–H groups in total. The van der Waals surface area contributed by atoms with E-state index in [-0.39, 0.29) is 24.2 Å². The highest BCUT2D eigenvalue weighted by Crippen LogP contribution is 2.17. The summed E-state index contributed by atoms with van der Waals surface area (Å²) >= 11 is 0. The molecule has 2 aromatic carbocycles. The Bertz CT molecular complexity index is 607. The van der Waals surface area contributed by atoms with Gasteiger partial charge in [-0.05, 0) is 30.5 Å². The highest BCUT2D eigenvalue weighted by molar-refractivity contribution is 5.79. The third-order valence-electron chi connectivity index (χ3n) is 3.53. The van der Waals surface area contributed by atoms with Gasteiger partial charge >= 0.3 is 0 Å². The van der Waals surface area contributed by atoms with Gasteiger partial charge in [0, 0.05) is 0 Å². The van der Waals surface area contributed by atoms with Crippen LogP contribution in [0, 0.1) is 12.7 Å². The first-order chi connectivity index (χ1) is 10.1. The zero-order valence-corrected chi connectivity index (χ0v) is 12.4. The standard InChI is InChI=1S/C18H20FNO/c1-3-17(14-10-8-13(2)9-11-14)20-18(21)12-15-6-4-5-7-16(15)19/h4-11,17H,3,12H2,1-2H3,(H,20,21). The van der Waals surface area contributed by atoms with E-state index in [4.69, 9.17) is 0 Å². The highest BCUT2D eigenvalue weighted by atomic mass is 19.1. The SMILES string of the molecule is CCC(NC(=O)Cc1ccccc1F)c1ccc(C)cc1. The van der Waals surface area contributed by atoms with Crippen molar-refractivity contribution in [3.8, 4) is 0 Å². The Kier molecular flexibility index (Phi) is 5.09. The van der Waals surface area contributed by atoms with E-state index in [1.54, 1.807) is 18.2 Å². The van der Waals surface area contributed by atoms with Gasteiger partial charge in [-0.3, -0.25) is 4.79 Å². The summed E-state index contributed by atoms with van der Waals surface area (Å²) in [6, 6.07) is 14.4. The van der Waals surface area contributed by atoms with Crippen LogP contribution in [0.2, 0.25) is 0 Å². The smallest absolute Gasteiger partial charge is 0.225 e. The third kappa shape index (κ3) is 4.15. The zero-order valence-electron chi connectivity index (χ0n) is 12.4. The molecule has 0 aromatic heterocycles. The molecule has 0 fully saturated rings. The van der Waals surface area contributed by atoms with Crippen molar-refractivity contribution in [1.29, 1.82) is 0 Å². The van der Waals surface area contributed by atoms with Crippen molar-refractivity contribution >= 4 is 5.91 Å². The van der Waals surface area contributed by atoms with Gasteiger partial charge in [0.15, 0.2) is 0 Å². The van der Waals surface area contributed by atoms with Gasteiger partial charge in [-0.15, -0.1) is 0 Å². The van der Waals surface area contributed by atoms with Crippen LogP contribution in [-0.2, 0) is 11.2 Å². The molecule has 0 bridgehead atoms. The predicted octanol–water partition coefficient (Wildman–Crippen LogP) is 3.94. The molecule has 2 rings (SSSR count). The molecule has 0 aliphatic rings. The molecule has 0 spiro atoms. The Morgan fingerprint density at radius 1 is 1.14 bits per heavy atom. The predicted molar refractivity (Wildman–Crippen MR) is 82.5 cm³/mol. The van der Waals surface area contributed by atoms with Crippen molar-refractivity contribution in [1.82, 2.24) is 5.32 Å². The van der Waals surface area contributed by atoms with Crippen LogP contribution in [0.5, 0.6) is 0 Å². The van der Waals surface area contributed by atoms with Crippen molar-refractivity contribution in [2.45, 2.75) is 32.7 Å². The second kappa shape index (κ2) is 7.02. The topological polar surface area (TPSA) is 29.1 Å². The third-order valence-corrected chi connectivity index (χ3v) is 3.53. The van der Waals surface area contributed by atoms with Gasteiger partial charge in [-0.1, -0.05) is 55.0 Å². The molecule has 2 nitrogen and oxygen atoms in total. The molecule has 1 atom stereocenters. The normalized spacial score (nSPS) is 12.0. The summed E-state index contributed by atoms with van der Waals surface area (Å²) in [7, 11) is 0. The van der Waals surface area contributed by atoms with E-state index in [0.717, 1.165) is 12.0 Å².